The Labute approximate surface area is 131 Å². The highest BCUT2D eigenvalue weighted by atomic mass is 16.4. The molecule has 2 aromatic heterocycles. The van der Waals surface area contributed by atoms with E-state index in [1.165, 1.54) is 0 Å². The van der Waals surface area contributed by atoms with Gasteiger partial charge in [-0.3, -0.25) is 9.59 Å². The van der Waals surface area contributed by atoms with Crippen molar-refractivity contribution in [3.05, 3.63) is 36.3 Å². The Morgan fingerprint density at radius 3 is 2.61 bits per heavy atom. The van der Waals surface area contributed by atoms with E-state index in [0.29, 0.717) is 5.52 Å². The minimum atomic E-state index is -0.822. The van der Waals surface area contributed by atoms with Gasteiger partial charge in [0.1, 0.15) is 5.52 Å². The SMILES string of the molecule is CNCC(=O)O.Cn1cnc2c(C(N)=O)nc3ccccc3c21. The first-order valence-corrected chi connectivity index (χ1v) is 6.81. The predicted octanol–water partition coefficient (Wildman–Crippen LogP) is 0.511. The maximum Gasteiger partial charge on any atom is 0.317 e. The van der Waals surface area contributed by atoms with Gasteiger partial charge < -0.3 is 20.7 Å². The van der Waals surface area contributed by atoms with E-state index in [-0.39, 0.29) is 12.2 Å². The highest BCUT2D eigenvalue weighted by Crippen LogP contribution is 2.24. The highest BCUT2D eigenvalue weighted by Gasteiger charge is 2.15. The van der Waals surface area contributed by atoms with Crippen molar-refractivity contribution in [2.75, 3.05) is 13.6 Å². The zero-order valence-electron chi connectivity index (χ0n) is 12.8. The number of nitrogens with one attached hydrogen (secondary N) is 1. The van der Waals surface area contributed by atoms with Crippen molar-refractivity contribution in [1.29, 1.82) is 0 Å². The fraction of sp³-hybridized carbons (Fsp3) is 0.200. The van der Waals surface area contributed by atoms with Gasteiger partial charge in [0, 0.05) is 12.4 Å². The van der Waals surface area contributed by atoms with Crippen LogP contribution in [0.3, 0.4) is 0 Å². The molecule has 0 bridgehead atoms. The summed E-state index contributed by atoms with van der Waals surface area (Å²) in [6.07, 6.45) is 1.66. The van der Waals surface area contributed by atoms with Gasteiger partial charge in [0.05, 0.1) is 23.9 Å². The number of rotatable bonds is 3. The maximum absolute atomic E-state index is 11.4. The molecule has 0 radical (unpaired) electrons. The van der Waals surface area contributed by atoms with Crippen LogP contribution < -0.4 is 11.1 Å². The van der Waals surface area contributed by atoms with Gasteiger partial charge in [0.25, 0.3) is 5.91 Å². The topological polar surface area (TPSA) is 123 Å². The number of aromatic nitrogens is 3. The normalized spacial score (nSPS) is 10.3. The van der Waals surface area contributed by atoms with Crippen molar-refractivity contribution >= 4 is 33.8 Å². The van der Waals surface area contributed by atoms with E-state index in [1.54, 1.807) is 13.4 Å². The molecule has 1 amide bonds. The highest BCUT2D eigenvalue weighted by molar-refractivity contribution is 6.11. The van der Waals surface area contributed by atoms with Crippen LogP contribution >= 0.6 is 0 Å². The van der Waals surface area contributed by atoms with E-state index in [9.17, 15) is 9.59 Å². The average molecular weight is 315 g/mol. The van der Waals surface area contributed by atoms with E-state index in [0.717, 1.165) is 16.4 Å². The molecule has 8 heteroatoms. The van der Waals surface area contributed by atoms with E-state index in [4.69, 9.17) is 10.8 Å². The van der Waals surface area contributed by atoms with Crippen molar-refractivity contribution in [3.8, 4) is 0 Å². The van der Waals surface area contributed by atoms with E-state index >= 15 is 0 Å². The second-order valence-corrected chi connectivity index (χ2v) is 4.82. The Hall–Kier alpha value is -3.00. The minimum absolute atomic E-state index is 0.0417. The second-order valence-electron chi connectivity index (χ2n) is 4.82. The summed E-state index contributed by atoms with van der Waals surface area (Å²) in [5, 5.41) is 11.3. The van der Waals surface area contributed by atoms with Gasteiger partial charge in [-0.05, 0) is 13.1 Å². The number of carboxylic acids is 1. The molecule has 0 spiro atoms. The zero-order chi connectivity index (χ0) is 17.0. The van der Waals surface area contributed by atoms with E-state index < -0.39 is 11.9 Å². The number of aryl methyl sites for hydroxylation is 1. The number of likely N-dealkylation sites (N-methyl/N-ethyl adjacent to an activating group) is 1. The Morgan fingerprint density at radius 2 is 2.04 bits per heavy atom. The van der Waals surface area contributed by atoms with E-state index in [2.05, 4.69) is 15.3 Å². The minimum Gasteiger partial charge on any atom is -0.480 e. The molecule has 120 valence electrons. The molecular formula is C15H17N5O3. The molecule has 3 rings (SSSR count). The molecule has 3 aromatic rings. The number of carbonyl (C=O) groups excluding carboxylic acids is 1. The first-order chi connectivity index (χ1) is 11.0. The number of imidazole rings is 1. The summed E-state index contributed by atoms with van der Waals surface area (Å²) in [5.74, 6) is -1.38. The third-order valence-electron chi connectivity index (χ3n) is 3.11. The molecule has 0 aliphatic rings. The van der Waals surface area contributed by atoms with Crippen LogP contribution in [0.4, 0.5) is 0 Å². The number of nitrogens with zero attached hydrogens (tertiary/aromatic N) is 3. The first kappa shape index (κ1) is 16.4. The number of carbonyl (C=O) groups is 2. The summed E-state index contributed by atoms with van der Waals surface area (Å²) in [7, 11) is 3.47. The number of aliphatic carboxylic acids is 1. The number of para-hydroxylation sites is 1. The summed E-state index contributed by atoms with van der Waals surface area (Å²) in [6, 6.07) is 7.62. The number of benzene rings is 1. The summed E-state index contributed by atoms with van der Waals surface area (Å²) in [6.45, 7) is 0.0417. The molecule has 4 N–H and O–H groups in total. The Morgan fingerprint density at radius 1 is 1.35 bits per heavy atom. The van der Waals surface area contributed by atoms with Gasteiger partial charge in [-0.2, -0.15) is 0 Å². The summed E-state index contributed by atoms with van der Waals surface area (Å²) >= 11 is 0. The Kier molecular flexibility index (Phi) is 4.87. The molecule has 0 saturated heterocycles. The summed E-state index contributed by atoms with van der Waals surface area (Å²) < 4.78 is 1.87. The summed E-state index contributed by atoms with van der Waals surface area (Å²) in [4.78, 5) is 29.4. The molecule has 1 aromatic carbocycles. The van der Waals surface area contributed by atoms with Crippen LogP contribution in [0.2, 0.25) is 0 Å². The first-order valence-electron chi connectivity index (χ1n) is 6.81. The van der Waals surface area contributed by atoms with Crippen LogP contribution in [0.1, 0.15) is 10.5 Å². The van der Waals surface area contributed by atoms with Crippen LogP contribution in [0.15, 0.2) is 30.6 Å². The molecule has 0 fully saturated rings. The van der Waals surface area contributed by atoms with E-state index in [1.807, 2.05) is 35.9 Å². The molecule has 23 heavy (non-hydrogen) atoms. The molecule has 0 unspecified atom stereocenters. The Bertz CT molecular complexity index is 872. The number of nitrogens with two attached hydrogens (primary N) is 1. The van der Waals surface area contributed by atoms with Gasteiger partial charge >= 0.3 is 5.97 Å². The van der Waals surface area contributed by atoms with Gasteiger partial charge in [0.15, 0.2) is 5.69 Å². The monoisotopic (exact) mass is 315 g/mol. The molecule has 0 aliphatic heterocycles. The fourth-order valence-electron chi connectivity index (χ4n) is 2.19. The Balaban J connectivity index is 0.000000277. The van der Waals surface area contributed by atoms with Crippen LogP contribution in [0.25, 0.3) is 21.9 Å². The van der Waals surface area contributed by atoms with Crippen molar-refractivity contribution in [2.45, 2.75) is 0 Å². The van der Waals surface area contributed by atoms with Crippen molar-refractivity contribution in [1.82, 2.24) is 19.9 Å². The second kappa shape index (κ2) is 6.84. The third-order valence-corrected chi connectivity index (χ3v) is 3.11. The molecule has 2 heterocycles. The largest absolute Gasteiger partial charge is 0.480 e. The van der Waals surface area contributed by atoms with Crippen molar-refractivity contribution < 1.29 is 14.7 Å². The number of hydrogen-bond donors (Lipinski definition) is 3. The number of carboxylic acid groups (broad SMARTS) is 1. The third kappa shape index (κ3) is 3.43. The number of hydrogen-bond acceptors (Lipinski definition) is 5. The van der Waals surface area contributed by atoms with Crippen LogP contribution in [0.5, 0.6) is 0 Å². The van der Waals surface area contributed by atoms with Gasteiger partial charge in [0.2, 0.25) is 0 Å². The molecule has 0 atom stereocenters. The number of primary amides is 1. The van der Waals surface area contributed by atoms with Crippen LogP contribution in [-0.4, -0.2) is 45.1 Å². The lowest BCUT2D eigenvalue weighted by Crippen LogP contribution is -2.16. The number of fused-ring (bicyclic) bond motifs is 3. The molecule has 8 nitrogen and oxygen atoms in total. The summed E-state index contributed by atoms with van der Waals surface area (Å²) in [5.41, 5.74) is 7.73. The predicted molar refractivity (Wildman–Crippen MR) is 86.1 cm³/mol. The van der Waals surface area contributed by atoms with Gasteiger partial charge in [-0.1, -0.05) is 18.2 Å². The van der Waals surface area contributed by atoms with Crippen molar-refractivity contribution in [2.24, 2.45) is 12.8 Å². The zero-order valence-corrected chi connectivity index (χ0v) is 12.8. The lowest BCUT2D eigenvalue weighted by atomic mass is 10.1. The fourth-order valence-corrected chi connectivity index (χ4v) is 2.19. The molecule has 0 saturated carbocycles. The van der Waals surface area contributed by atoms with Gasteiger partial charge in [-0.25, -0.2) is 9.97 Å². The number of amides is 1. The maximum atomic E-state index is 11.4. The van der Waals surface area contributed by atoms with Crippen LogP contribution in [0, 0.1) is 0 Å². The van der Waals surface area contributed by atoms with Crippen LogP contribution in [-0.2, 0) is 11.8 Å². The smallest absolute Gasteiger partial charge is 0.317 e. The number of pyridine rings is 1. The molecule has 0 aliphatic carbocycles. The molecular weight excluding hydrogens is 298 g/mol. The van der Waals surface area contributed by atoms with Gasteiger partial charge in [-0.15, -0.1) is 0 Å². The average Bonchev–Trinajstić information content (AvgIpc) is 2.89. The lowest BCUT2D eigenvalue weighted by Gasteiger charge is -2.04. The van der Waals surface area contributed by atoms with Crippen molar-refractivity contribution in [3.63, 3.8) is 0 Å². The lowest BCUT2D eigenvalue weighted by molar-refractivity contribution is -0.135. The quantitative estimate of drug-likeness (QED) is 0.647. The standard InChI is InChI=1S/C12H10N4O.C3H7NO2/c1-16-6-14-9-10(12(13)17)15-8-5-3-2-4-7(8)11(9)16;1-4-2-3(5)6/h2-6H,1H3,(H2,13,17);4H,2H2,1H3,(H,5,6).